The Balaban J connectivity index is 1.48. The van der Waals surface area contributed by atoms with Gasteiger partial charge in [-0.25, -0.2) is 9.79 Å². The average Bonchev–Trinajstić information content (AvgIpc) is 3.38. The fourth-order valence-electron chi connectivity index (χ4n) is 5.16. The number of thiazole rings is 1. The molecule has 0 unspecified atom stereocenters. The molecule has 5 aromatic rings. The predicted octanol–water partition coefficient (Wildman–Crippen LogP) is 6.89. The van der Waals surface area contributed by atoms with Crippen LogP contribution in [0, 0.1) is 0 Å². The molecule has 1 aliphatic heterocycles. The number of carbonyl (C=O) groups is 1. The molecular formula is C36H29ClN2O4S2. The molecule has 45 heavy (non-hydrogen) atoms. The molecule has 9 heteroatoms. The first-order valence-electron chi connectivity index (χ1n) is 14.4. The standard InChI is InChI=1S/C36H29ClN2O4S2/c1-3-42-35(41)31-32(24-11-5-4-6-12-24)38-36-39(33(31)25-16-18-28(44-2)19-17-25)34(40)30(45-36)21-23-10-9-14-27(20-23)43-22-26-13-7-8-15-29(26)37/h4-21,33H,3,22H2,1-2H3/b30-21+/t33-/m1/s1. The zero-order valence-electron chi connectivity index (χ0n) is 24.6. The van der Waals surface area contributed by atoms with E-state index >= 15 is 0 Å². The van der Waals surface area contributed by atoms with E-state index in [1.165, 1.54) is 11.3 Å². The van der Waals surface area contributed by atoms with Crippen LogP contribution in [0.15, 0.2) is 123 Å². The van der Waals surface area contributed by atoms with Crippen molar-refractivity contribution in [2.75, 3.05) is 12.9 Å². The molecule has 2 heterocycles. The minimum absolute atomic E-state index is 0.196. The first-order chi connectivity index (χ1) is 22.0. The number of nitrogens with zero attached hydrogens (tertiary/aromatic N) is 2. The van der Waals surface area contributed by atoms with E-state index in [9.17, 15) is 9.59 Å². The number of ether oxygens (including phenoxy) is 2. The monoisotopic (exact) mass is 652 g/mol. The summed E-state index contributed by atoms with van der Waals surface area (Å²) in [5, 5.41) is 0.643. The summed E-state index contributed by atoms with van der Waals surface area (Å²) >= 11 is 9.21. The summed E-state index contributed by atoms with van der Waals surface area (Å²) in [6.07, 6.45) is 3.84. The maximum Gasteiger partial charge on any atom is 0.338 e. The lowest BCUT2D eigenvalue weighted by Gasteiger charge is -2.26. The Morgan fingerprint density at radius 2 is 1.76 bits per heavy atom. The number of esters is 1. The maximum absolute atomic E-state index is 14.2. The van der Waals surface area contributed by atoms with Crippen LogP contribution < -0.4 is 19.6 Å². The van der Waals surface area contributed by atoms with Gasteiger partial charge in [0.1, 0.15) is 12.4 Å². The first kappa shape index (κ1) is 30.6. The highest BCUT2D eigenvalue weighted by molar-refractivity contribution is 7.98. The van der Waals surface area contributed by atoms with Crippen LogP contribution in [-0.4, -0.2) is 23.4 Å². The van der Waals surface area contributed by atoms with Gasteiger partial charge in [0.15, 0.2) is 4.80 Å². The summed E-state index contributed by atoms with van der Waals surface area (Å²) in [4.78, 5) is 34.3. The van der Waals surface area contributed by atoms with Crippen LogP contribution in [0.3, 0.4) is 0 Å². The van der Waals surface area contributed by atoms with Crippen molar-refractivity contribution in [1.29, 1.82) is 0 Å². The number of fused-ring (bicyclic) bond motifs is 1. The predicted molar refractivity (Wildman–Crippen MR) is 182 cm³/mol. The van der Waals surface area contributed by atoms with Crippen LogP contribution in [0.4, 0.5) is 0 Å². The van der Waals surface area contributed by atoms with Crippen LogP contribution >= 0.6 is 34.7 Å². The van der Waals surface area contributed by atoms with Gasteiger partial charge in [-0.3, -0.25) is 9.36 Å². The van der Waals surface area contributed by atoms with Crippen LogP contribution in [0.1, 0.15) is 35.2 Å². The molecule has 0 bridgehead atoms. The summed E-state index contributed by atoms with van der Waals surface area (Å²) < 4.78 is 13.7. The van der Waals surface area contributed by atoms with Crippen molar-refractivity contribution in [1.82, 2.24) is 4.57 Å². The first-order valence-corrected chi connectivity index (χ1v) is 16.8. The minimum atomic E-state index is -0.723. The molecule has 1 aliphatic rings. The van der Waals surface area contributed by atoms with Gasteiger partial charge >= 0.3 is 5.97 Å². The smallest absolute Gasteiger partial charge is 0.338 e. The fourth-order valence-corrected chi connectivity index (χ4v) is 6.76. The van der Waals surface area contributed by atoms with E-state index in [4.69, 9.17) is 26.1 Å². The van der Waals surface area contributed by atoms with E-state index in [-0.39, 0.29) is 12.2 Å². The molecular weight excluding hydrogens is 624 g/mol. The average molecular weight is 653 g/mol. The largest absolute Gasteiger partial charge is 0.489 e. The van der Waals surface area contributed by atoms with Crippen molar-refractivity contribution in [3.63, 3.8) is 0 Å². The Hall–Kier alpha value is -4.37. The Morgan fingerprint density at radius 1 is 1.00 bits per heavy atom. The van der Waals surface area contributed by atoms with E-state index in [1.807, 2.05) is 115 Å². The van der Waals surface area contributed by atoms with Gasteiger partial charge in [0.25, 0.3) is 5.56 Å². The van der Waals surface area contributed by atoms with Gasteiger partial charge in [-0.1, -0.05) is 95.7 Å². The Bertz CT molecular complexity index is 2070. The topological polar surface area (TPSA) is 69.9 Å². The van der Waals surface area contributed by atoms with E-state index in [1.54, 1.807) is 23.3 Å². The fraction of sp³-hybridized carbons (Fsp3) is 0.139. The number of hydrogen-bond donors (Lipinski definition) is 0. The zero-order chi connectivity index (χ0) is 31.3. The molecule has 0 aliphatic carbocycles. The molecule has 0 spiro atoms. The summed E-state index contributed by atoms with van der Waals surface area (Å²) in [7, 11) is 0. The molecule has 6 nitrogen and oxygen atoms in total. The van der Waals surface area contributed by atoms with E-state index in [2.05, 4.69) is 0 Å². The van der Waals surface area contributed by atoms with Crippen molar-refractivity contribution in [2.45, 2.75) is 24.5 Å². The number of aromatic nitrogens is 1. The molecule has 226 valence electrons. The lowest BCUT2D eigenvalue weighted by atomic mass is 9.93. The number of halogens is 1. The molecule has 4 aromatic carbocycles. The highest BCUT2D eigenvalue weighted by atomic mass is 35.5. The third kappa shape index (κ3) is 6.54. The molecule has 0 saturated heterocycles. The van der Waals surface area contributed by atoms with Crippen LogP contribution in [0.2, 0.25) is 5.02 Å². The zero-order valence-corrected chi connectivity index (χ0v) is 27.0. The van der Waals surface area contributed by atoms with Gasteiger partial charge in [0, 0.05) is 21.0 Å². The van der Waals surface area contributed by atoms with Crippen molar-refractivity contribution in [2.24, 2.45) is 4.99 Å². The maximum atomic E-state index is 14.2. The van der Waals surface area contributed by atoms with Crippen molar-refractivity contribution in [3.8, 4) is 5.75 Å². The van der Waals surface area contributed by atoms with Crippen molar-refractivity contribution >= 4 is 52.4 Å². The highest BCUT2D eigenvalue weighted by Crippen LogP contribution is 2.35. The molecule has 0 amide bonds. The Kier molecular flexibility index (Phi) is 9.35. The van der Waals surface area contributed by atoms with Crippen LogP contribution in [0.5, 0.6) is 5.75 Å². The molecule has 0 radical (unpaired) electrons. The van der Waals surface area contributed by atoms with Crippen LogP contribution in [-0.2, 0) is 16.1 Å². The molecule has 6 rings (SSSR count). The number of thioether (sulfide) groups is 1. The number of rotatable bonds is 9. The minimum Gasteiger partial charge on any atom is -0.489 e. The third-order valence-electron chi connectivity index (χ3n) is 7.31. The normalized spacial score (nSPS) is 14.6. The van der Waals surface area contributed by atoms with Crippen molar-refractivity contribution in [3.05, 3.63) is 156 Å². The highest BCUT2D eigenvalue weighted by Gasteiger charge is 2.35. The van der Waals surface area contributed by atoms with Gasteiger partial charge in [-0.2, -0.15) is 0 Å². The summed E-state index contributed by atoms with van der Waals surface area (Å²) in [6, 6.07) is 31.8. The van der Waals surface area contributed by atoms with E-state index in [0.717, 1.165) is 27.1 Å². The second-order valence-corrected chi connectivity index (χ2v) is 12.5. The lowest BCUT2D eigenvalue weighted by molar-refractivity contribution is -0.138. The second kappa shape index (κ2) is 13.7. The molecule has 0 saturated carbocycles. The quantitative estimate of drug-likeness (QED) is 0.128. The second-order valence-electron chi connectivity index (χ2n) is 10.2. The molecule has 1 aromatic heterocycles. The van der Waals surface area contributed by atoms with Crippen molar-refractivity contribution < 1.29 is 14.3 Å². The van der Waals surface area contributed by atoms with E-state index in [0.29, 0.717) is 38.0 Å². The van der Waals surface area contributed by atoms with Gasteiger partial charge in [-0.05, 0) is 60.7 Å². The van der Waals surface area contributed by atoms with Gasteiger partial charge in [0.2, 0.25) is 0 Å². The SMILES string of the molecule is CCOC(=O)C1=C(c2ccccc2)N=c2s/c(=C/c3cccc(OCc4ccccc4Cl)c3)c(=O)n2[C@@H]1c1ccc(SC)cc1. The third-order valence-corrected chi connectivity index (χ3v) is 9.41. The van der Waals surface area contributed by atoms with Gasteiger partial charge in [0.05, 0.1) is 28.5 Å². The summed E-state index contributed by atoms with van der Waals surface area (Å²) in [5.74, 6) is 0.149. The van der Waals surface area contributed by atoms with Crippen LogP contribution in [0.25, 0.3) is 11.8 Å². The molecule has 1 atom stereocenters. The number of carbonyl (C=O) groups excluding carboxylic acids is 1. The lowest BCUT2D eigenvalue weighted by Crippen LogP contribution is -2.40. The molecule has 0 N–H and O–H groups in total. The summed E-state index contributed by atoms with van der Waals surface area (Å²) in [6.45, 7) is 2.28. The number of benzene rings is 4. The Labute approximate surface area is 274 Å². The molecule has 0 fully saturated rings. The number of hydrogen-bond acceptors (Lipinski definition) is 7. The van der Waals surface area contributed by atoms with E-state index < -0.39 is 12.0 Å². The Morgan fingerprint density at radius 3 is 2.49 bits per heavy atom. The van der Waals surface area contributed by atoms with Gasteiger partial charge < -0.3 is 9.47 Å². The van der Waals surface area contributed by atoms with Gasteiger partial charge in [-0.15, -0.1) is 11.8 Å². The summed E-state index contributed by atoms with van der Waals surface area (Å²) in [5.41, 5.74) is 3.83.